The average molecular weight is 271 g/mol. The Morgan fingerprint density at radius 1 is 0.950 bits per heavy atom. The summed E-state index contributed by atoms with van der Waals surface area (Å²) in [5.41, 5.74) is 7.18. The zero-order valence-electron chi connectivity index (χ0n) is 11.5. The summed E-state index contributed by atoms with van der Waals surface area (Å²) in [6.07, 6.45) is 0. The Balaban J connectivity index is 2.43. The van der Waals surface area contributed by atoms with Gasteiger partial charge in [-0.05, 0) is 17.7 Å². The number of hydrogen-bond acceptors (Lipinski definition) is 4. The first kappa shape index (κ1) is 14.1. The van der Waals surface area contributed by atoms with Gasteiger partial charge in [0, 0.05) is 0 Å². The summed E-state index contributed by atoms with van der Waals surface area (Å²) in [6.45, 7) is 0. The molecule has 0 heterocycles. The number of Topliss-reactive ketones (excluding diaryl/α,β-unsaturated/α-hetero) is 1. The molecule has 0 saturated heterocycles. The fourth-order valence-electron chi connectivity index (χ4n) is 2.06. The fourth-order valence-corrected chi connectivity index (χ4v) is 2.06. The van der Waals surface area contributed by atoms with Gasteiger partial charge in [-0.25, -0.2) is 0 Å². The molecular weight excluding hydrogens is 254 g/mol. The van der Waals surface area contributed by atoms with Crippen molar-refractivity contribution >= 4 is 5.78 Å². The SMILES string of the molecule is COc1cccc(OC)c1C(=O)[C@H](N)c1ccccc1. The van der Waals surface area contributed by atoms with E-state index in [1.54, 1.807) is 18.2 Å². The molecular formula is C16H17NO3. The molecule has 0 fully saturated rings. The second-order valence-electron chi connectivity index (χ2n) is 4.29. The average Bonchev–Trinajstić information content (AvgIpc) is 2.53. The number of benzene rings is 2. The van der Waals surface area contributed by atoms with Gasteiger partial charge in [-0.15, -0.1) is 0 Å². The molecule has 0 aliphatic heterocycles. The molecule has 0 spiro atoms. The van der Waals surface area contributed by atoms with Crippen LogP contribution in [-0.4, -0.2) is 20.0 Å². The maximum absolute atomic E-state index is 12.6. The highest BCUT2D eigenvalue weighted by molar-refractivity contribution is 6.05. The fraction of sp³-hybridized carbons (Fsp3) is 0.188. The maximum Gasteiger partial charge on any atom is 0.191 e. The normalized spacial score (nSPS) is 11.8. The predicted octanol–water partition coefficient (Wildman–Crippen LogP) is 2.59. The van der Waals surface area contributed by atoms with Crippen LogP contribution in [0.2, 0.25) is 0 Å². The number of carbonyl (C=O) groups is 1. The van der Waals surface area contributed by atoms with Crippen LogP contribution < -0.4 is 15.2 Å². The van der Waals surface area contributed by atoms with E-state index in [2.05, 4.69) is 0 Å². The molecule has 0 saturated carbocycles. The Morgan fingerprint density at radius 2 is 1.50 bits per heavy atom. The lowest BCUT2D eigenvalue weighted by molar-refractivity contribution is 0.0955. The Labute approximate surface area is 118 Å². The number of hydrogen-bond donors (Lipinski definition) is 1. The van der Waals surface area contributed by atoms with Crippen LogP contribution in [0.1, 0.15) is 22.0 Å². The molecule has 2 aromatic carbocycles. The maximum atomic E-state index is 12.6. The molecule has 0 unspecified atom stereocenters. The van der Waals surface area contributed by atoms with Gasteiger partial charge in [0.15, 0.2) is 5.78 Å². The van der Waals surface area contributed by atoms with Crippen LogP contribution in [-0.2, 0) is 0 Å². The minimum atomic E-state index is -0.749. The molecule has 2 rings (SSSR count). The molecule has 0 aromatic heterocycles. The van der Waals surface area contributed by atoms with E-state index < -0.39 is 6.04 Å². The van der Waals surface area contributed by atoms with E-state index in [1.807, 2.05) is 30.3 Å². The van der Waals surface area contributed by atoms with Gasteiger partial charge in [-0.1, -0.05) is 36.4 Å². The zero-order valence-corrected chi connectivity index (χ0v) is 11.5. The molecule has 1 atom stereocenters. The van der Waals surface area contributed by atoms with Gasteiger partial charge < -0.3 is 15.2 Å². The van der Waals surface area contributed by atoms with E-state index in [0.29, 0.717) is 17.1 Å². The third-order valence-corrected chi connectivity index (χ3v) is 3.12. The molecule has 2 aromatic rings. The topological polar surface area (TPSA) is 61.5 Å². The van der Waals surface area contributed by atoms with E-state index in [0.717, 1.165) is 5.56 Å². The molecule has 0 aliphatic carbocycles. The molecule has 2 N–H and O–H groups in total. The first-order valence-corrected chi connectivity index (χ1v) is 6.24. The standard InChI is InChI=1S/C16H17NO3/c1-19-12-9-6-10-13(20-2)14(12)16(18)15(17)11-7-4-3-5-8-11/h3-10,15H,17H2,1-2H3/t15-/m1/s1. The van der Waals surface area contributed by atoms with Crippen molar-refractivity contribution in [2.45, 2.75) is 6.04 Å². The number of methoxy groups -OCH3 is 2. The third-order valence-electron chi connectivity index (χ3n) is 3.12. The second-order valence-corrected chi connectivity index (χ2v) is 4.29. The quantitative estimate of drug-likeness (QED) is 0.849. The first-order valence-electron chi connectivity index (χ1n) is 6.24. The predicted molar refractivity (Wildman–Crippen MR) is 77.2 cm³/mol. The van der Waals surface area contributed by atoms with Crippen molar-refractivity contribution in [2.24, 2.45) is 5.73 Å². The van der Waals surface area contributed by atoms with Gasteiger partial charge in [0.25, 0.3) is 0 Å². The monoisotopic (exact) mass is 271 g/mol. The second kappa shape index (κ2) is 6.21. The lowest BCUT2D eigenvalue weighted by Crippen LogP contribution is -2.22. The van der Waals surface area contributed by atoms with Gasteiger partial charge in [-0.2, -0.15) is 0 Å². The number of nitrogens with two attached hydrogens (primary N) is 1. The van der Waals surface area contributed by atoms with Crippen molar-refractivity contribution in [3.05, 3.63) is 59.7 Å². The van der Waals surface area contributed by atoms with Crippen LogP contribution in [0.3, 0.4) is 0 Å². The lowest BCUT2D eigenvalue weighted by Gasteiger charge is -2.16. The van der Waals surface area contributed by atoms with E-state index in [1.165, 1.54) is 14.2 Å². The van der Waals surface area contributed by atoms with Crippen LogP contribution in [0.4, 0.5) is 0 Å². The minimum absolute atomic E-state index is 0.231. The third kappa shape index (κ3) is 2.65. The molecule has 104 valence electrons. The van der Waals surface area contributed by atoms with Crippen LogP contribution in [0.5, 0.6) is 11.5 Å². The summed E-state index contributed by atoms with van der Waals surface area (Å²) < 4.78 is 10.5. The summed E-state index contributed by atoms with van der Waals surface area (Å²) in [5.74, 6) is 0.687. The molecule has 20 heavy (non-hydrogen) atoms. The Hall–Kier alpha value is -2.33. The van der Waals surface area contributed by atoms with Crippen molar-refractivity contribution in [1.82, 2.24) is 0 Å². The highest BCUT2D eigenvalue weighted by atomic mass is 16.5. The highest BCUT2D eigenvalue weighted by Gasteiger charge is 2.24. The number of ether oxygens (including phenoxy) is 2. The summed E-state index contributed by atoms with van der Waals surface area (Å²) in [4.78, 5) is 12.6. The van der Waals surface area contributed by atoms with Crippen LogP contribution in [0.25, 0.3) is 0 Å². The van der Waals surface area contributed by atoms with Crippen molar-refractivity contribution in [2.75, 3.05) is 14.2 Å². The number of ketones is 1. The summed E-state index contributed by atoms with van der Waals surface area (Å²) in [7, 11) is 3.03. The molecule has 4 heteroatoms. The lowest BCUT2D eigenvalue weighted by atomic mass is 9.97. The minimum Gasteiger partial charge on any atom is -0.496 e. The zero-order chi connectivity index (χ0) is 14.5. The van der Waals surface area contributed by atoms with E-state index in [9.17, 15) is 4.79 Å². The van der Waals surface area contributed by atoms with Crippen molar-refractivity contribution in [1.29, 1.82) is 0 Å². The van der Waals surface area contributed by atoms with E-state index in [-0.39, 0.29) is 5.78 Å². The Kier molecular flexibility index (Phi) is 4.38. The number of carbonyl (C=O) groups excluding carboxylic acids is 1. The molecule has 0 radical (unpaired) electrons. The Morgan fingerprint density at radius 3 is 2.00 bits per heavy atom. The molecule has 0 aliphatic rings. The summed E-state index contributed by atoms with van der Waals surface area (Å²) in [5, 5.41) is 0. The van der Waals surface area contributed by atoms with Gasteiger partial charge in [0.2, 0.25) is 0 Å². The molecule has 0 bridgehead atoms. The largest absolute Gasteiger partial charge is 0.496 e. The Bertz CT molecular complexity index is 574. The van der Waals surface area contributed by atoms with Crippen LogP contribution in [0, 0.1) is 0 Å². The van der Waals surface area contributed by atoms with E-state index in [4.69, 9.17) is 15.2 Å². The smallest absolute Gasteiger partial charge is 0.191 e. The van der Waals surface area contributed by atoms with Crippen molar-refractivity contribution in [3.8, 4) is 11.5 Å². The van der Waals surface area contributed by atoms with E-state index >= 15 is 0 Å². The van der Waals surface area contributed by atoms with Crippen molar-refractivity contribution < 1.29 is 14.3 Å². The molecule has 4 nitrogen and oxygen atoms in total. The van der Waals surface area contributed by atoms with Gasteiger partial charge in [0.05, 0.1) is 20.3 Å². The van der Waals surface area contributed by atoms with Crippen LogP contribution >= 0.6 is 0 Å². The van der Waals surface area contributed by atoms with Gasteiger partial charge >= 0.3 is 0 Å². The number of rotatable bonds is 5. The summed E-state index contributed by atoms with van der Waals surface area (Å²) >= 11 is 0. The molecule has 0 amide bonds. The van der Waals surface area contributed by atoms with Gasteiger partial charge in [0.1, 0.15) is 17.1 Å². The highest BCUT2D eigenvalue weighted by Crippen LogP contribution is 2.31. The summed E-state index contributed by atoms with van der Waals surface area (Å²) in [6, 6.07) is 13.7. The van der Waals surface area contributed by atoms with Crippen LogP contribution in [0.15, 0.2) is 48.5 Å². The van der Waals surface area contributed by atoms with Crippen molar-refractivity contribution in [3.63, 3.8) is 0 Å². The first-order chi connectivity index (χ1) is 9.69. The van der Waals surface area contributed by atoms with Gasteiger partial charge in [-0.3, -0.25) is 4.79 Å².